The molecule has 1 aliphatic carbocycles. The van der Waals surface area contributed by atoms with Crippen LogP contribution in [-0.2, 0) is 13.6 Å². The Balaban J connectivity index is 2.35. The predicted molar refractivity (Wildman–Crippen MR) is 87.2 cm³/mol. The number of halogens is 1. The zero-order chi connectivity index (χ0) is 16.5. The van der Waals surface area contributed by atoms with Crippen molar-refractivity contribution < 1.29 is 13.6 Å². The first-order chi connectivity index (χ1) is 10.2. The molecule has 0 saturated heterocycles. The lowest BCUT2D eigenvalue weighted by molar-refractivity contribution is 0.137. The van der Waals surface area contributed by atoms with Gasteiger partial charge in [0.05, 0.1) is 18.3 Å². The van der Waals surface area contributed by atoms with Gasteiger partial charge in [-0.3, -0.25) is 4.57 Å². The van der Waals surface area contributed by atoms with Gasteiger partial charge < -0.3 is 9.05 Å². The maximum atomic E-state index is 13.3. The van der Waals surface area contributed by atoms with Crippen LogP contribution in [0.4, 0.5) is 0 Å². The second-order valence-electron chi connectivity index (χ2n) is 6.15. The summed E-state index contributed by atoms with van der Waals surface area (Å²) in [7, 11) is -3.55. The van der Waals surface area contributed by atoms with Crippen LogP contribution in [0.3, 0.4) is 0 Å². The standard InChI is InChI=1S/C16H21ClNO3P/c1-11(2)20-22(19,21-12(3)4)16(10-18)9-15(16)13-5-7-14(17)8-6-13/h5-8,11-12,15H,9H2,1-4H3/t15-,16-/m1/s1. The summed E-state index contributed by atoms with van der Waals surface area (Å²) in [5.74, 6) is -0.155. The fourth-order valence-electron chi connectivity index (χ4n) is 2.60. The summed E-state index contributed by atoms with van der Waals surface area (Å²) >= 11 is 5.90. The minimum atomic E-state index is -3.55. The zero-order valence-corrected chi connectivity index (χ0v) is 14.9. The van der Waals surface area contributed by atoms with E-state index in [0.29, 0.717) is 11.4 Å². The summed E-state index contributed by atoms with van der Waals surface area (Å²) in [5.41, 5.74) is 0.936. The van der Waals surface area contributed by atoms with Crippen molar-refractivity contribution in [2.45, 2.75) is 57.4 Å². The number of hydrogen-bond acceptors (Lipinski definition) is 4. The first-order valence-corrected chi connectivity index (χ1v) is 9.30. The van der Waals surface area contributed by atoms with E-state index in [1.807, 2.05) is 12.1 Å². The number of nitrogens with zero attached hydrogens (tertiary/aromatic N) is 1. The van der Waals surface area contributed by atoms with E-state index in [9.17, 15) is 9.83 Å². The molecule has 1 aromatic rings. The second-order valence-corrected chi connectivity index (χ2v) is 8.80. The summed E-state index contributed by atoms with van der Waals surface area (Å²) in [4.78, 5) is 0. The van der Waals surface area contributed by atoms with Gasteiger partial charge in [-0.05, 0) is 51.8 Å². The molecular formula is C16H21ClNO3P. The molecular weight excluding hydrogens is 321 g/mol. The molecule has 1 aromatic carbocycles. The van der Waals surface area contributed by atoms with Crippen LogP contribution in [0.1, 0.15) is 45.6 Å². The molecule has 0 aromatic heterocycles. The van der Waals surface area contributed by atoms with E-state index < -0.39 is 12.8 Å². The van der Waals surface area contributed by atoms with Crippen molar-refractivity contribution in [3.63, 3.8) is 0 Å². The highest BCUT2D eigenvalue weighted by atomic mass is 35.5. The average Bonchev–Trinajstić information content (AvgIpc) is 3.14. The Bertz CT molecular complexity index is 609. The van der Waals surface area contributed by atoms with E-state index >= 15 is 0 Å². The van der Waals surface area contributed by atoms with E-state index in [1.54, 1.807) is 39.8 Å². The Morgan fingerprint density at radius 2 is 1.73 bits per heavy atom. The maximum Gasteiger partial charge on any atom is 0.351 e. The van der Waals surface area contributed by atoms with Gasteiger partial charge in [-0.25, -0.2) is 0 Å². The van der Waals surface area contributed by atoms with Crippen LogP contribution in [0, 0.1) is 11.3 Å². The minimum absolute atomic E-state index is 0.155. The molecule has 1 fully saturated rings. The second kappa shape index (κ2) is 6.34. The Morgan fingerprint density at radius 1 is 1.23 bits per heavy atom. The fourth-order valence-corrected chi connectivity index (χ4v) is 5.32. The van der Waals surface area contributed by atoms with Crippen molar-refractivity contribution in [2.75, 3.05) is 0 Å². The third-order valence-electron chi connectivity index (χ3n) is 3.59. The van der Waals surface area contributed by atoms with E-state index in [4.69, 9.17) is 20.6 Å². The predicted octanol–water partition coefficient (Wildman–Crippen LogP) is 5.13. The van der Waals surface area contributed by atoms with Crippen molar-refractivity contribution in [3.8, 4) is 6.07 Å². The quantitative estimate of drug-likeness (QED) is 0.673. The highest BCUT2D eigenvalue weighted by Gasteiger charge is 2.70. The van der Waals surface area contributed by atoms with Crippen LogP contribution < -0.4 is 0 Å². The molecule has 6 heteroatoms. The number of benzene rings is 1. The van der Waals surface area contributed by atoms with Crippen LogP contribution in [0.2, 0.25) is 5.02 Å². The summed E-state index contributed by atoms with van der Waals surface area (Å²) < 4.78 is 24.6. The highest BCUT2D eigenvalue weighted by molar-refractivity contribution is 7.56. The molecule has 1 saturated carbocycles. The number of nitriles is 1. The Labute approximate surface area is 136 Å². The van der Waals surface area contributed by atoms with Crippen molar-refractivity contribution in [1.29, 1.82) is 5.26 Å². The average molecular weight is 342 g/mol. The molecule has 0 spiro atoms. The molecule has 2 atom stereocenters. The van der Waals surface area contributed by atoms with Gasteiger partial charge in [-0.1, -0.05) is 23.7 Å². The molecule has 0 unspecified atom stereocenters. The molecule has 0 amide bonds. The fraction of sp³-hybridized carbons (Fsp3) is 0.562. The van der Waals surface area contributed by atoms with Crippen molar-refractivity contribution in [2.24, 2.45) is 0 Å². The molecule has 0 bridgehead atoms. The van der Waals surface area contributed by atoms with Gasteiger partial charge in [0.25, 0.3) is 0 Å². The third-order valence-corrected chi connectivity index (χ3v) is 6.81. The Morgan fingerprint density at radius 3 is 2.14 bits per heavy atom. The topological polar surface area (TPSA) is 59.3 Å². The lowest BCUT2D eigenvalue weighted by Crippen LogP contribution is -2.20. The first-order valence-electron chi connectivity index (χ1n) is 7.38. The van der Waals surface area contributed by atoms with E-state index in [0.717, 1.165) is 5.56 Å². The van der Waals surface area contributed by atoms with Gasteiger partial charge in [0, 0.05) is 10.9 Å². The molecule has 4 nitrogen and oxygen atoms in total. The largest absolute Gasteiger partial charge is 0.351 e. The number of rotatable bonds is 6. The molecule has 2 rings (SSSR count). The lowest BCUT2D eigenvalue weighted by Gasteiger charge is -2.27. The van der Waals surface area contributed by atoms with E-state index in [2.05, 4.69) is 6.07 Å². The van der Waals surface area contributed by atoms with Gasteiger partial charge in [-0.15, -0.1) is 0 Å². The molecule has 1 aliphatic rings. The van der Waals surface area contributed by atoms with Gasteiger partial charge >= 0.3 is 7.60 Å². The molecule has 0 aliphatic heterocycles. The minimum Gasteiger partial charge on any atom is -0.305 e. The smallest absolute Gasteiger partial charge is 0.305 e. The Kier molecular flexibility index (Phi) is 5.04. The molecule has 0 heterocycles. The van der Waals surface area contributed by atoms with Gasteiger partial charge in [-0.2, -0.15) is 5.26 Å². The van der Waals surface area contributed by atoms with Gasteiger partial charge in [0.1, 0.15) is 0 Å². The van der Waals surface area contributed by atoms with Crippen LogP contribution in [0.15, 0.2) is 24.3 Å². The molecule has 120 valence electrons. The van der Waals surface area contributed by atoms with Crippen molar-refractivity contribution in [3.05, 3.63) is 34.9 Å². The van der Waals surface area contributed by atoms with E-state index in [-0.39, 0.29) is 18.1 Å². The van der Waals surface area contributed by atoms with Gasteiger partial charge in [0.2, 0.25) is 0 Å². The maximum absolute atomic E-state index is 13.3. The zero-order valence-electron chi connectivity index (χ0n) is 13.2. The van der Waals surface area contributed by atoms with Crippen LogP contribution in [0.25, 0.3) is 0 Å². The molecule has 22 heavy (non-hydrogen) atoms. The van der Waals surface area contributed by atoms with Crippen molar-refractivity contribution >= 4 is 19.2 Å². The SMILES string of the molecule is CC(C)OP(=O)(OC(C)C)[C@@]1(C#N)C[C@@H]1c1ccc(Cl)cc1. The summed E-state index contributed by atoms with van der Waals surface area (Å²) in [6.07, 6.45) is -0.0791. The summed E-state index contributed by atoms with van der Waals surface area (Å²) in [6.45, 7) is 7.17. The highest BCUT2D eigenvalue weighted by Crippen LogP contribution is 2.77. The third kappa shape index (κ3) is 3.24. The number of hydrogen-bond donors (Lipinski definition) is 0. The van der Waals surface area contributed by atoms with Crippen molar-refractivity contribution in [1.82, 2.24) is 0 Å². The lowest BCUT2D eigenvalue weighted by atomic mass is 10.1. The monoisotopic (exact) mass is 341 g/mol. The molecule has 0 N–H and O–H groups in total. The normalized spacial score (nSPS) is 24.5. The van der Waals surface area contributed by atoms with Crippen LogP contribution in [-0.4, -0.2) is 17.4 Å². The van der Waals surface area contributed by atoms with Gasteiger partial charge in [0.15, 0.2) is 5.16 Å². The first kappa shape index (κ1) is 17.5. The van der Waals surface area contributed by atoms with Crippen LogP contribution >= 0.6 is 19.2 Å². The van der Waals surface area contributed by atoms with E-state index in [1.165, 1.54) is 0 Å². The summed E-state index contributed by atoms with van der Waals surface area (Å²) in [5, 5.41) is 9.23. The summed E-state index contributed by atoms with van der Waals surface area (Å²) in [6, 6.07) is 9.49. The van der Waals surface area contributed by atoms with Crippen LogP contribution in [0.5, 0.6) is 0 Å². The molecule has 0 radical (unpaired) electrons. The Hall–Kier alpha value is -0.850.